The molecule has 16 heavy (non-hydrogen) atoms. The zero-order valence-electron chi connectivity index (χ0n) is 9.30. The van der Waals surface area contributed by atoms with Gasteiger partial charge < -0.3 is 11.1 Å². The lowest BCUT2D eigenvalue weighted by atomic mass is 10.0. The maximum Gasteiger partial charge on any atom is 0.0574 e. The Balaban J connectivity index is 1.66. The van der Waals surface area contributed by atoms with Gasteiger partial charge >= 0.3 is 0 Å². The molecule has 0 radical (unpaired) electrons. The van der Waals surface area contributed by atoms with Crippen molar-refractivity contribution < 1.29 is 0 Å². The minimum atomic E-state index is 0.634. The molecule has 0 aliphatic heterocycles. The highest BCUT2D eigenvalue weighted by Gasteiger charge is 2.53. The van der Waals surface area contributed by atoms with Crippen molar-refractivity contribution in [2.24, 2.45) is 11.3 Å². The van der Waals surface area contributed by atoms with Gasteiger partial charge in [0.25, 0.3) is 0 Å². The third-order valence-corrected chi connectivity index (χ3v) is 4.65. The largest absolute Gasteiger partial charge is 0.397 e. The van der Waals surface area contributed by atoms with Gasteiger partial charge in [-0.15, -0.1) is 0 Å². The van der Waals surface area contributed by atoms with Crippen molar-refractivity contribution in [1.82, 2.24) is 0 Å². The van der Waals surface area contributed by atoms with Crippen molar-refractivity contribution in [3.63, 3.8) is 0 Å². The molecule has 3 rings (SSSR count). The van der Waals surface area contributed by atoms with Crippen molar-refractivity contribution in [2.75, 3.05) is 17.6 Å². The van der Waals surface area contributed by atoms with Crippen LogP contribution >= 0.6 is 22.6 Å². The van der Waals surface area contributed by atoms with E-state index < -0.39 is 0 Å². The molecular formula is C13H17IN2. The van der Waals surface area contributed by atoms with Gasteiger partial charge in [0.15, 0.2) is 0 Å². The summed E-state index contributed by atoms with van der Waals surface area (Å²) in [6.45, 7) is 1.11. The van der Waals surface area contributed by atoms with Crippen molar-refractivity contribution >= 4 is 34.0 Å². The van der Waals surface area contributed by atoms with E-state index in [2.05, 4.69) is 40.0 Å². The average Bonchev–Trinajstić information content (AvgIpc) is 3.11. The number of nitrogens with two attached hydrogens (primary N) is 1. The van der Waals surface area contributed by atoms with E-state index in [1.165, 1.54) is 29.3 Å². The van der Waals surface area contributed by atoms with Gasteiger partial charge in [0.2, 0.25) is 0 Å². The molecule has 86 valence electrons. The van der Waals surface area contributed by atoms with Crippen LogP contribution in [-0.4, -0.2) is 6.54 Å². The van der Waals surface area contributed by atoms with Crippen LogP contribution in [-0.2, 0) is 0 Å². The molecule has 2 saturated carbocycles. The number of rotatable bonds is 4. The van der Waals surface area contributed by atoms with E-state index in [4.69, 9.17) is 5.73 Å². The first-order valence-electron chi connectivity index (χ1n) is 5.99. The van der Waals surface area contributed by atoms with Crippen LogP contribution in [0.25, 0.3) is 0 Å². The van der Waals surface area contributed by atoms with Crippen molar-refractivity contribution in [3.8, 4) is 0 Å². The standard InChI is InChI=1S/C13H17IN2/c14-10-3-4-12(11(15)7-10)16-8-13(5-6-13)9-1-2-9/h3-4,7,9,16H,1-2,5-6,8,15H2. The molecule has 2 aliphatic rings. The van der Waals surface area contributed by atoms with Crippen LogP contribution in [0.4, 0.5) is 11.4 Å². The monoisotopic (exact) mass is 328 g/mol. The van der Waals surface area contributed by atoms with Gasteiger partial charge in [-0.2, -0.15) is 0 Å². The highest BCUT2D eigenvalue weighted by molar-refractivity contribution is 14.1. The first kappa shape index (κ1) is 10.7. The molecule has 2 fully saturated rings. The summed E-state index contributed by atoms with van der Waals surface area (Å²) in [4.78, 5) is 0. The zero-order chi connectivity index (χ0) is 11.2. The maximum atomic E-state index is 6.00. The van der Waals surface area contributed by atoms with E-state index in [0.717, 1.165) is 23.8 Å². The normalized spacial score (nSPS) is 21.8. The Morgan fingerprint density at radius 2 is 2.12 bits per heavy atom. The number of anilines is 2. The third kappa shape index (κ3) is 2.01. The lowest BCUT2D eigenvalue weighted by Crippen LogP contribution is -2.18. The summed E-state index contributed by atoms with van der Waals surface area (Å²) in [6.07, 6.45) is 5.72. The Morgan fingerprint density at radius 1 is 1.38 bits per heavy atom. The first-order chi connectivity index (χ1) is 7.70. The molecule has 1 aromatic carbocycles. The molecule has 0 amide bonds. The fourth-order valence-corrected chi connectivity index (χ4v) is 3.07. The second-order valence-corrected chi connectivity index (χ2v) is 6.47. The topological polar surface area (TPSA) is 38.0 Å². The van der Waals surface area contributed by atoms with Crippen molar-refractivity contribution in [2.45, 2.75) is 25.7 Å². The lowest BCUT2D eigenvalue weighted by molar-refractivity contribution is 0.467. The number of hydrogen-bond acceptors (Lipinski definition) is 2. The molecule has 2 aliphatic carbocycles. The molecule has 0 heterocycles. The molecule has 0 bridgehead atoms. The number of nitrogen functional groups attached to an aromatic ring is 1. The average molecular weight is 328 g/mol. The zero-order valence-corrected chi connectivity index (χ0v) is 11.5. The van der Waals surface area contributed by atoms with Crippen LogP contribution in [0, 0.1) is 14.9 Å². The third-order valence-electron chi connectivity index (χ3n) is 3.98. The van der Waals surface area contributed by atoms with E-state index in [9.17, 15) is 0 Å². The van der Waals surface area contributed by atoms with Crippen LogP contribution in [0.15, 0.2) is 18.2 Å². The number of hydrogen-bond donors (Lipinski definition) is 2. The molecule has 0 aromatic heterocycles. The molecular weight excluding hydrogens is 311 g/mol. The summed E-state index contributed by atoms with van der Waals surface area (Å²) in [6, 6.07) is 6.23. The highest BCUT2D eigenvalue weighted by Crippen LogP contribution is 2.61. The summed E-state index contributed by atoms with van der Waals surface area (Å²) in [5, 5.41) is 3.54. The Hall–Kier alpha value is -0.450. The van der Waals surface area contributed by atoms with Gasteiger partial charge in [0.1, 0.15) is 0 Å². The van der Waals surface area contributed by atoms with Gasteiger partial charge in [-0.25, -0.2) is 0 Å². The quantitative estimate of drug-likeness (QED) is 0.656. The summed E-state index contributed by atoms with van der Waals surface area (Å²) in [5.74, 6) is 1.00. The fraction of sp³-hybridized carbons (Fsp3) is 0.538. The number of nitrogens with one attached hydrogen (secondary N) is 1. The van der Waals surface area contributed by atoms with Gasteiger partial charge in [0.05, 0.1) is 11.4 Å². The molecule has 0 spiro atoms. The summed E-state index contributed by atoms with van der Waals surface area (Å²) >= 11 is 2.29. The number of benzene rings is 1. The fourth-order valence-electron chi connectivity index (χ4n) is 2.55. The Kier molecular flexibility index (Phi) is 2.53. The maximum absolute atomic E-state index is 6.00. The number of halogens is 1. The van der Waals surface area contributed by atoms with Gasteiger partial charge in [-0.05, 0) is 77.8 Å². The molecule has 3 heteroatoms. The minimum absolute atomic E-state index is 0.634. The molecule has 1 aromatic rings. The summed E-state index contributed by atoms with van der Waals surface area (Å²) < 4.78 is 1.20. The van der Waals surface area contributed by atoms with Crippen molar-refractivity contribution in [1.29, 1.82) is 0 Å². The molecule has 0 saturated heterocycles. The molecule has 0 unspecified atom stereocenters. The van der Waals surface area contributed by atoms with Gasteiger partial charge in [0, 0.05) is 10.1 Å². The smallest absolute Gasteiger partial charge is 0.0574 e. The summed E-state index contributed by atoms with van der Waals surface area (Å²) in [5.41, 5.74) is 8.61. The second-order valence-electron chi connectivity index (χ2n) is 5.22. The van der Waals surface area contributed by atoms with Crippen molar-refractivity contribution in [3.05, 3.63) is 21.8 Å². The second kappa shape index (κ2) is 3.79. The van der Waals surface area contributed by atoms with E-state index >= 15 is 0 Å². The highest BCUT2D eigenvalue weighted by atomic mass is 127. The predicted octanol–water partition coefficient (Wildman–Crippen LogP) is 3.48. The lowest BCUT2D eigenvalue weighted by Gasteiger charge is -2.17. The van der Waals surface area contributed by atoms with Crippen LogP contribution in [0.1, 0.15) is 25.7 Å². The SMILES string of the molecule is Nc1cc(I)ccc1NCC1(C2CC2)CC1. The van der Waals surface area contributed by atoms with E-state index in [0.29, 0.717) is 5.41 Å². The molecule has 2 nitrogen and oxygen atoms in total. The Morgan fingerprint density at radius 3 is 2.69 bits per heavy atom. The Labute approximate surface area is 110 Å². The molecule has 0 atom stereocenters. The van der Waals surface area contributed by atoms with Gasteiger partial charge in [-0.1, -0.05) is 0 Å². The minimum Gasteiger partial charge on any atom is -0.397 e. The Bertz CT molecular complexity index is 408. The van der Waals surface area contributed by atoms with E-state index in [1.807, 2.05) is 6.07 Å². The van der Waals surface area contributed by atoms with E-state index in [1.54, 1.807) is 0 Å². The van der Waals surface area contributed by atoms with Crippen LogP contribution in [0.5, 0.6) is 0 Å². The summed E-state index contributed by atoms with van der Waals surface area (Å²) in [7, 11) is 0. The van der Waals surface area contributed by atoms with Gasteiger partial charge in [-0.3, -0.25) is 0 Å². The van der Waals surface area contributed by atoms with E-state index in [-0.39, 0.29) is 0 Å². The van der Waals surface area contributed by atoms with Crippen LogP contribution in [0.3, 0.4) is 0 Å². The molecule has 3 N–H and O–H groups in total. The van der Waals surface area contributed by atoms with Crippen LogP contribution in [0.2, 0.25) is 0 Å². The first-order valence-corrected chi connectivity index (χ1v) is 7.06. The van der Waals surface area contributed by atoms with Crippen LogP contribution < -0.4 is 11.1 Å². The predicted molar refractivity (Wildman–Crippen MR) is 76.5 cm³/mol.